The van der Waals surface area contributed by atoms with Crippen molar-refractivity contribution >= 4 is 22.0 Å². The molecule has 2 amide bonds. The van der Waals surface area contributed by atoms with Crippen LogP contribution in [0.1, 0.15) is 63.1 Å². The molecule has 4 rings (SSSR count). The van der Waals surface area contributed by atoms with Gasteiger partial charge in [-0.05, 0) is 53.6 Å². The second-order valence-corrected chi connectivity index (χ2v) is 14.0. The number of aliphatic hydroxyl groups is 1. The first-order chi connectivity index (χ1) is 22.6. The number of carbonyl (C=O) groups is 2. The van der Waals surface area contributed by atoms with Crippen molar-refractivity contribution in [2.75, 3.05) is 19.7 Å². The van der Waals surface area contributed by atoms with Crippen molar-refractivity contribution < 1.29 is 32.6 Å². The first-order valence-corrected chi connectivity index (χ1v) is 17.8. The molecule has 3 atom stereocenters. The van der Waals surface area contributed by atoms with Crippen LogP contribution in [-0.2, 0) is 39.0 Å². The smallest absolute Gasteiger partial charge is 0.426 e. The van der Waals surface area contributed by atoms with E-state index in [4.69, 9.17) is 9.47 Å². The molecule has 0 fully saturated rings. The molecule has 0 saturated heterocycles. The van der Waals surface area contributed by atoms with Gasteiger partial charge in [0.05, 0.1) is 23.6 Å². The quantitative estimate of drug-likeness (QED) is 0.194. The highest BCUT2D eigenvalue weighted by atomic mass is 32.2. The Morgan fingerprint density at radius 2 is 1.68 bits per heavy atom. The minimum absolute atomic E-state index is 0.00637. The molecule has 11 heteroatoms. The van der Waals surface area contributed by atoms with E-state index in [9.17, 15) is 23.1 Å². The van der Waals surface area contributed by atoms with Crippen LogP contribution < -0.4 is 10.2 Å². The number of hydrazine groups is 1. The van der Waals surface area contributed by atoms with Crippen molar-refractivity contribution in [3.05, 3.63) is 95.6 Å². The molecular weight excluding hydrogens is 618 g/mol. The Labute approximate surface area is 278 Å². The monoisotopic (exact) mass is 665 g/mol. The average Bonchev–Trinajstić information content (AvgIpc) is 3.56. The van der Waals surface area contributed by atoms with E-state index in [0.29, 0.717) is 25.2 Å². The van der Waals surface area contributed by atoms with Crippen LogP contribution in [0.2, 0.25) is 0 Å². The highest BCUT2D eigenvalue weighted by Crippen LogP contribution is 2.29. The van der Waals surface area contributed by atoms with E-state index in [0.717, 1.165) is 34.5 Å². The van der Waals surface area contributed by atoms with Gasteiger partial charge >= 0.3 is 6.09 Å². The summed E-state index contributed by atoms with van der Waals surface area (Å²) in [7, 11) is -4.03. The summed E-state index contributed by atoms with van der Waals surface area (Å²) in [6, 6.07) is 22.3. The Morgan fingerprint density at radius 1 is 1.00 bits per heavy atom. The molecule has 0 radical (unpaired) electrons. The molecule has 10 nitrogen and oxygen atoms in total. The maximum absolute atomic E-state index is 14.0. The first kappa shape index (κ1) is 35.9. The molecule has 0 aromatic heterocycles. The number of fused-ring (bicyclic) bond motifs is 1. The van der Waals surface area contributed by atoms with Crippen molar-refractivity contribution in [3.63, 3.8) is 0 Å². The fraction of sp³-hybridized carbons (Fsp3) is 0.444. The van der Waals surface area contributed by atoms with E-state index in [1.54, 1.807) is 12.1 Å². The number of hydrogen-bond donors (Lipinski definition) is 2. The predicted octanol–water partition coefficient (Wildman–Crippen LogP) is 5.49. The number of rotatable bonds is 16. The van der Waals surface area contributed by atoms with Crippen LogP contribution >= 0.6 is 0 Å². The Bertz CT molecular complexity index is 1550. The highest BCUT2D eigenvalue weighted by Gasteiger charge is 2.36. The SMILES string of the molecule is CCCCN(C[C@@H](O)C(Cc1ccccc1)N(NC(=O)OCc1ccccc1)C(=O)C[C@@H](C)CC)S(=O)(=O)c1ccc2c(c1)CCO2. The fourth-order valence-corrected chi connectivity index (χ4v) is 6.97. The highest BCUT2D eigenvalue weighted by molar-refractivity contribution is 7.89. The van der Waals surface area contributed by atoms with E-state index in [1.165, 1.54) is 10.4 Å². The molecule has 2 N–H and O–H groups in total. The molecule has 0 saturated carbocycles. The third-order valence-electron chi connectivity index (χ3n) is 8.43. The summed E-state index contributed by atoms with van der Waals surface area (Å²) in [5.41, 5.74) is 5.02. The number of hydrogen-bond acceptors (Lipinski definition) is 7. The lowest BCUT2D eigenvalue weighted by atomic mass is 9.98. The van der Waals surface area contributed by atoms with E-state index < -0.39 is 34.2 Å². The Hall–Kier alpha value is -3.93. The van der Waals surface area contributed by atoms with Gasteiger partial charge in [-0.25, -0.2) is 23.6 Å². The molecule has 3 aromatic carbocycles. The number of sulfonamides is 1. The van der Waals surface area contributed by atoms with Crippen molar-refractivity contribution in [1.29, 1.82) is 0 Å². The maximum Gasteiger partial charge on any atom is 0.426 e. The molecule has 1 heterocycles. The second-order valence-electron chi connectivity index (χ2n) is 12.1. The van der Waals surface area contributed by atoms with Crippen LogP contribution in [0.3, 0.4) is 0 Å². The van der Waals surface area contributed by atoms with Crippen LogP contribution in [-0.4, -0.2) is 66.7 Å². The molecular formula is C36H47N3O7S. The van der Waals surface area contributed by atoms with Crippen molar-refractivity contribution in [2.24, 2.45) is 5.92 Å². The zero-order chi connectivity index (χ0) is 33.8. The number of amides is 2. The molecule has 0 aliphatic carbocycles. The summed E-state index contributed by atoms with van der Waals surface area (Å²) < 4.78 is 40.4. The molecule has 1 aliphatic heterocycles. The number of aliphatic hydroxyl groups excluding tert-OH is 1. The van der Waals surface area contributed by atoms with Crippen molar-refractivity contribution in [3.8, 4) is 5.75 Å². The average molecular weight is 666 g/mol. The van der Waals surface area contributed by atoms with Gasteiger partial charge in [0, 0.05) is 25.9 Å². The van der Waals surface area contributed by atoms with Crippen molar-refractivity contribution in [2.45, 2.75) is 82.9 Å². The lowest BCUT2D eigenvalue weighted by Gasteiger charge is -2.37. The summed E-state index contributed by atoms with van der Waals surface area (Å²) in [5, 5.41) is 13.1. The zero-order valence-corrected chi connectivity index (χ0v) is 28.3. The van der Waals surface area contributed by atoms with Gasteiger partial charge in [-0.1, -0.05) is 94.3 Å². The number of carbonyl (C=O) groups excluding carboxylic acids is 2. The normalized spacial score (nSPS) is 14.5. The van der Waals surface area contributed by atoms with Gasteiger partial charge < -0.3 is 14.6 Å². The largest absolute Gasteiger partial charge is 0.493 e. The lowest BCUT2D eigenvalue weighted by Crippen LogP contribution is -2.59. The molecule has 1 unspecified atom stereocenters. The van der Waals surface area contributed by atoms with Gasteiger partial charge in [0.1, 0.15) is 12.4 Å². The van der Waals surface area contributed by atoms with E-state index in [-0.39, 0.29) is 43.4 Å². The fourth-order valence-electron chi connectivity index (χ4n) is 5.43. The molecule has 3 aromatic rings. The van der Waals surface area contributed by atoms with Gasteiger partial charge in [0.2, 0.25) is 15.9 Å². The lowest BCUT2D eigenvalue weighted by molar-refractivity contribution is -0.141. The number of unbranched alkanes of at least 4 members (excludes halogenated alkanes) is 1. The van der Waals surface area contributed by atoms with E-state index in [2.05, 4.69) is 5.43 Å². The summed E-state index contributed by atoms with van der Waals surface area (Å²) in [4.78, 5) is 27.1. The van der Waals surface area contributed by atoms with Gasteiger partial charge in [-0.3, -0.25) is 4.79 Å². The minimum atomic E-state index is -4.03. The summed E-state index contributed by atoms with van der Waals surface area (Å²) in [5.74, 6) is 0.275. The maximum atomic E-state index is 14.0. The summed E-state index contributed by atoms with van der Waals surface area (Å²) >= 11 is 0. The Balaban J connectivity index is 1.65. The van der Waals surface area contributed by atoms with Crippen LogP contribution in [0.4, 0.5) is 4.79 Å². The third kappa shape index (κ3) is 10.0. The van der Waals surface area contributed by atoms with Gasteiger partial charge in [-0.2, -0.15) is 4.31 Å². The molecule has 0 spiro atoms. The Kier molecular flexibility index (Phi) is 13.2. The van der Waals surface area contributed by atoms with Crippen LogP contribution in [0.5, 0.6) is 5.75 Å². The molecule has 0 bridgehead atoms. The van der Waals surface area contributed by atoms with Gasteiger partial charge in [-0.15, -0.1) is 0 Å². The Morgan fingerprint density at radius 3 is 2.34 bits per heavy atom. The van der Waals surface area contributed by atoms with E-state index in [1.807, 2.05) is 81.4 Å². The molecule has 254 valence electrons. The summed E-state index contributed by atoms with van der Waals surface area (Å²) in [6.07, 6.45) is 0.718. The summed E-state index contributed by atoms with van der Waals surface area (Å²) in [6.45, 7) is 6.25. The first-order valence-electron chi connectivity index (χ1n) is 16.4. The van der Waals surface area contributed by atoms with Crippen LogP contribution in [0, 0.1) is 5.92 Å². The van der Waals surface area contributed by atoms with Crippen LogP contribution in [0.25, 0.3) is 0 Å². The standard InChI is InChI=1S/C36H47N3O7S/c1-4-6-20-38(47(43,44)31-17-18-34-30(24-31)19-21-45-34)25-33(40)32(23-28-13-9-7-10-14-28)39(35(41)22-27(3)5-2)37-36(42)46-26-29-15-11-8-12-16-29/h7-18,24,27,32-33,40H,4-6,19-23,25-26H2,1-3H3,(H,37,42)/t27-,32?,33+/m0/s1. The topological polar surface area (TPSA) is 125 Å². The molecule has 47 heavy (non-hydrogen) atoms. The molecule has 1 aliphatic rings. The van der Waals surface area contributed by atoms with Crippen molar-refractivity contribution in [1.82, 2.24) is 14.7 Å². The van der Waals surface area contributed by atoms with Crippen LogP contribution in [0.15, 0.2) is 83.8 Å². The van der Waals surface area contributed by atoms with Gasteiger partial charge in [0.25, 0.3) is 0 Å². The number of benzene rings is 3. The zero-order valence-electron chi connectivity index (χ0n) is 27.5. The second kappa shape index (κ2) is 17.3. The number of ether oxygens (including phenoxy) is 2. The van der Waals surface area contributed by atoms with Gasteiger partial charge in [0.15, 0.2) is 0 Å². The third-order valence-corrected chi connectivity index (χ3v) is 10.3. The van der Waals surface area contributed by atoms with E-state index >= 15 is 0 Å². The predicted molar refractivity (Wildman–Crippen MR) is 180 cm³/mol. The minimum Gasteiger partial charge on any atom is -0.493 e. The number of nitrogens with one attached hydrogen (secondary N) is 1. The number of nitrogens with zero attached hydrogens (tertiary/aromatic N) is 2.